The molecule has 120 valence electrons. The summed E-state index contributed by atoms with van der Waals surface area (Å²) in [6.45, 7) is 19.8. The summed E-state index contributed by atoms with van der Waals surface area (Å²) in [5.41, 5.74) is 0. The number of nitrogens with zero attached hydrogens (tertiary/aromatic N) is 2. The molecule has 0 amide bonds. The van der Waals surface area contributed by atoms with Crippen LogP contribution in [-0.4, -0.2) is 33.8 Å². The molecule has 0 N–H and O–H groups in total. The molecule has 1 heterocycles. The summed E-state index contributed by atoms with van der Waals surface area (Å²) < 4.78 is 12.1. The van der Waals surface area contributed by atoms with Gasteiger partial charge in [-0.05, 0) is 39.3 Å². The van der Waals surface area contributed by atoms with E-state index in [1.54, 1.807) is 11.2 Å². The lowest BCUT2D eigenvalue weighted by Crippen LogP contribution is -2.31. The molecule has 0 aliphatic carbocycles. The van der Waals surface area contributed by atoms with Crippen molar-refractivity contribution in [2.75, 3.05) is 0 Å². The zero-order valence-electron chi connectivity index (χ0n) is 14.7. The number of hydrogen-bond acceptors (Lipinski definition) is 5. The molecule has 0 aliphatic heterocycles. The molecule has 1 aromatic rings. The highest BCUT2D eigenvalue weighted by molar-refractivity contribution is 8.28. The Balaban J connectivity index is 3.13. The standard InChI is InChI=1S/C13H28N2O2SSi3/c1-19(2,3)16-11-10-12(17-20(4,5)6)15-13(14-11)18-21(7,8)9/h10H,1-9H3. The van der Waals surface area contributed by atoms with Crippen LogP contribution in [0.5, 0.6) is 11.8 Å². The van der Waals surface area contributed by atoms with Crippen LogP contribution in [0.2, 0.25) is 58.9 Å². The first-order chi connectivity index (χ1) is 9.23. The van der Waals surface area contributed by atoms with Crippen molar-refractivity contribution in [1.82, 2.24) is 9.97 Å². The third-order valence-corrected chi connectivity index (χ3v) is 6.88. The van der Waals surface area contributed by atoms with E-state index in [1.165, 1.54) is 0 Å². The highest BCUT2D eigenvalue weighted by Gasteiger charge is 2.24. The molecular weight excluding hydrogens is 332 g/mol. The van der Waals surface area contributed by atoms with Gasteiger partial charge < -0.3 is 8.85 Å². The molecule has 0 aliphatic rings. The van der Waals surface area contributed by atoms with E-state index in [0.29, 0.717) is 11.8 Å². The number of rotatable bonds is 6. The molecule has 0 atom stereocenters. The topological polar surface area (TPSA) is 44.2 Å². The van der Waals surface area contributed by atoms with Crippen LogP contribution >= 0.6 is 11.2 Å². The molecule has 0 aromatic carbocycles. The molecule has 1 rings (SSSR count). The first-order valence-corrected chi connectivity index (χ1v) is 19.1. The molecule has 0 saturated heterocycles. The first kappa shape index (κ1) is 18.7. The monoisotopic (exact) mass is 360 g/mol. The molecule has 4 nitrogen and oxygen atoms in total. The Hall–Kier alpha value is -0.319. The van der Waals surface area contributed by atoms with Gasteiger partial charge in [0.2, 0.25) is 28.4 Å². The lowest BCUT2D eigenvalue weighted by atomic mass is 10.6. The SMILES string of the molecule is C[Si](C)(C)Oc1cc(O[Si](C)(C)C)nc(S[Si](C)(C)C)n1. The summed E-state index contributed by atoms with van der Waals surface area (Å²) in [5, 5.41) is 0.776. The second kappa shape index (κ2) is 6.43. The van der Waals surface area contributed by atoms with Crippen LogP contribution in [0, 0.1) is 0 Å². The molecule has 21 heavy (non-hydrogen) atoms. The van der Waals surface area contributed by atoms with Crippen molar-refractivity contribution in [3.63, 3.8) is 0 Å². The fourth-order valence-corrected chi connectivity index (χ4v) is 5.64. The van der Waals surface area contributed by atoms with E-state index in [2.05, 4.69) is 68.9 Å². The van der Waals surface area contributed by atoms with Gasteiger partial charge in [0.15, 0.2) is 5.16 Å². The van der Waals surface area contributed by atoms with E-state index in [1.807, 2.05) is 6.07 Å². The minimum Gasteiger partial charge on any atom is -0.531 e. The number of aromatic nitrogens is 2. The Morgan fingerprint density at radius 2 is 1.14 bits per heavy atom. The molecule has 0 radical (unpaired) electrons. The normalized spacial score (nSPS) is 13.2. The van der Waals surface area contributed by atoms with E-state index >= 15 is 0 Å². The largest absolute Gasteiger partial charge is 0.531 e. The quantitative estimate of drug-likeness (QED) is 0.537. The van der Waals surface area contributed by atoms with Crippen molar-refractivity contribution in [2.24, 2.45) is 0 Å². The van der Waals surface area contributed by atoms with Crippen molar-refractivity contribution in [3.8, 4) is 11.8 Å². The van der Waals surface area contributed by atoms with E-state index in [0.717, 1.165) is 5.16 Å². The fraction of sp³-hybridized carbons (Fsp3) is 0.692. The summed E-state index contributed by atoms with van der Waals surface area (Å²) in [5.74, 6) is 1.30. The van der Waals surface area contributed by atoms with Crippen molar-refractivity contribution < 1.29 is 8.85 Å². The predicted molar refractivity (Wildman–Crippen MR) is 99.2 cm³/mol. The summed E-state index contributed by atoms with van der Waals surface area (Å²) in [6.07, 6.45) is 0. The van der Waals surface area contributed by atoms with Crippen LogP contribution in [0.3, 0.4) is 0 Å². The minimum absolute atomic E-state index is 0.651. The summed E-state index contributed by atoms with van der Waals surface area (Å²) in [7, 11) is -4.75. The zero-order chi connectivity index (χ0) is 16.5. The van der Waals surface area contributed by atoms with E-state index < -0.39 is 23.9 Å². The van der Waals surface area contributed by atoms with Gasteiger partial charge in [-0.1, -0.05) is 19.6 Å². The van der Waals surface area contributed by atoms with Crippen molar-refractivity contribution in [3.05, 3.63) is 6.07 Å². The highest BCUT2D eigenvalue weighted by atomic mass is 32.4. The van der Waals surface area contributed by atoms with Crippen LogP contribution < -0.4 is 8.85 Å². The van der Waals surface area contributed by atoms with E-state index in [4.69, 9.17) is 8.85 Å². The van der Waals surface area contributed by atoms with Crippen LogP contribution in [0.4, 0.5) is 0 Å². The molecule has 8 heteroatoms. The van der Waals surface area contributed by atoms with Gasteiger partial charge in [0.1, 0.15) is 7.22 Å². The van der Waals surface area contributed by atoms with Gasteiger partial charge >= 0.3 is 0 Å². The van der Waals surface area contributed by atoms with Gasteiger partial charge in [0, 0.05) is 0 Å². The maximum atomic E-state index is 6.04. The fourth-order valence-electron chi connectivity index (χ4n) is 1.44. The second-order valence-corrected chi connectivity index (χ2v) is 25.9. The first-order valence-electron chi connectivity index (χ1n) is 7.20. The van der Waals surface area contributed by atoms with Gasteiger partial charge in [-0.25, -0.2) is 0 Å². The molecule has 0 fully saturated rings. The van der Waals surface area contributed by atoms with Crippen LogP contribution in [0.15, 0.2) is 11.2 Å². The third-order valence-electron chi connectivity index (χ3n) is 1.88. The Morgan fingerprint density at radius 3 is 1.43 bits per heavy atom. The molecular formula is C13H28N2O2SSi3. The Morgan fingerprint density at radius 1 is 0.762 bits per heavy atom. The maximum Gasteiger partial charge on any atom is 0.244 e. The lowest BCUT2D eigenvalue weighted by molar-refractivity contribution is 0.488. The lowest BCUT2D eigenvalue weighted by Gasteiger charge is -2.23. The van der Waals surface area contributed by atoms with Gasteiger partial charge in [0.05, 0.1) is 6.07 Å². The van der Waals surface area contributed by atoms with E-state index in [9.17, 15) is 0 Å². The molecule has 0 spiro atoms. The summed E-state index contributed by atoms with van der Waals surface area (Å²) in [6, 6.07) is 1.84. The van der Waals surface area contributed by atoms with E-state index in [-0.39, 0.29) is 0 Å². The number of hydrogen-bond donors (Lipinski definition) is 0. The maximum absolute atomic E-state index is 6.04. The zero-order valence-corrected chi connectivity index (χ0v) is 18.5. The van der Waals surface area contributed by atoms with Crippen LogP contribution in [0.25, 0.3) is 0 Å². The van der Waals surface area contributed by atoms with Gasteiger partial charge in [-0.3, -0.25) is 0 Å². The molecule has 0 bridgehead atoms. The Kier molecular flexibility index (Phi) is 5.74. The summed E-state index contributed by atoms with van der Waals surface area (Å²) >= 11 is 1.77. The third kappa shape index (κ3) is 8.64. The molecule has 1 aromatic heterocycles. The Bertz CT molecular complexity index is 410. The summed E-state index contributed by atoms with van der Waals surface area (Å²) in [4.78, 5) is 9.14. The van der Waals surface area contributed by atoms with Gasteiger partial charge in [-0.15, -0.1) is 11.2 Å². The average molecular weight is 361 g/mol. The highest BCUT2D eigenvalue weighted by Crippen LogP contribution is 2.30. The van der Waals surface area contributed by atoms with Crippen LogP contribution in [-0.2, 0) is 0 Å². The van der Waals surface area contributed by atoms with Gasteiger partial charge in [-0.2, -0.15) is 9.97 Å². The second-order valence-electron chi connectivity index (χ2n) is 7.97. The molecule has 0 unspecified atom stereocenters. The average Bonchev–Trinajstić information content (AvgIpc) is 2.06. The van der Waals surface area contributed by atoms with Crippen molar-refractivity contribution >= 4 is 35.1 Å². The Labute approximate surface area is 136 Å². The predicted octanol–water partition coefficient (Wildman–Crippen LogP) is 4.83. The smallest absolute Gasteiger partial charge is 0.244 e. The van der Waals surface area contributed by atoms with Gasteiger partial charge in [0.25, 0.3) is 0 Å². The van der Waals surface area contributed by atoms with Crippen molar-refractivity contribution in [2.45, 2.75) is 64.1 Å². The van der Waals surface area contributed by atoms with Crippen LogP contribution in [0.1, 0.15) is 0 Å². The molecule has 0 saturated carbocycles. The minimum atomic E-state index is -1.69. The van der Waals surface area contributed by atoms with Crippen molar-refractivity contribution in [1.29, 1.82) is 0 Å².